The molecule has 0 amide bonds. The third kappa shape index (κ3) is 3.39. The maximum absolute atomic E-state index is 4.82. The van der Waals surface area contributed by atoms with Crippen molar-refractivity contribution in [2.24, 2.45) is 4.99 Å². The van der Waals surface area contributed by atoms with E-state index in [0.717, 1.165) is 56.0 Å². The lowest BCUT2D eigenvalue weighted by molar-refractivity contribution is 0.375. The van der Waals surface area contributed by atoms with Crippen LogP contribution in [0.1, 0.15) is 38.8 Å². The van der Waals surface area contributed by atoms with Gasteiger partial charge < -0.3 is 14.8 Å². The third-order valence-corrected chi connectivity index (χ3v) is 5.41. The predicted molar refractivity (Wildman–Crippen MR) is 91.3 cm³/mol. The van der Waals surface area contributed by atoms with Crippen LogP contribution in [-0.4, -0.2) is 55.8 Å². The molecular formula is C15H26N6S. The van der Waals surface area contributed by atoms with Gasteiger partial charge in [-0.25, -0.2) is 4.99 Å². The molecule has 1 N–H and O–H groups in total. The van der Waals surface area contributed by atoms with Crippen LogP contribution in [0.4, 0.5) is 0 Å². The van der Waals surface area contributed by atoms with Crippen molar-refractivity contribution in [1.82, 2.24) is 25.0 Å². The van der Waals surface area contributed by atoms with E-state index in [1.807, 2.05) is 11.8 Å². The van der Waals surface area contributed by atoms with E-state index < -0.39 is 0 Å². The topological polar surface area (TPSA) is 58.3 Å². The van der Waals surface area contributed by atoms with Crippen molar-refractivity contribution in [3.05, 3.63) is 11.6 Å². The van der Waals surface area contributed by atoms with Crippen molar-refractivity contribution >= 4 is 17.7 Å². The van der Waals surface area contributed by atoms with Crippen LogP contribution in [0.2, 0.25) is 0 Å². The Morgan fingerprint density at radius 3 is 3.00 bits per heavy atom. The monoisotopic (exact) mass is 322 g/mol. The van der Waals surface area contributed by atoms with Gasteiger partial charge in [-0.15, -0.1) is 10.2 Å². The highest BCUT2D eigenvalue weighted by atomic mass is 32.2. The van der Waals surface area contributed by atoms with E-state index in [0.29, 0.717) is 6.54 Å². The Balaban J connectivity index is 1.72. The summed E-state index contributed by atoms with van der Waals surface area (Å²) in [7, 11) is 0. The molecule has 1 aromatic heterocycles. The molecule has 3 rings (SSSR count). The zero-order valence-corrected chi connectivity index (χ0v) is 14.6. The summed E-state index contributed by atoms with van der Waals surface area (Å²) in [6.45, 7) is 11.3. The average molecular weight is 322 g/mol. The SMILES string of the molecule is CCNC(=NCc1nnc2n1CCC2)N1CCSC(C)(C)C1. The molecule has 0 saturated carbocycles. The molecule has 122 valence electrons. The Labute approximate surface area is 136 Å². The quantitative estimate of drug-likeness (QED) is 0.675. The Morgan fingerprint density at radius 2 is 2.23 bits per heavy atom. The van der Waals surface area contributed by atoms with Crippen molar-refractivity contribution < 1.29 is 0 Å². The van der Waals surface area contributed by atoms with Gasteiger partial charge in [0.15, 0.2) is 11.8 Å². The number of aliphatic imine (C=N–C) groups is 1. The van der Waals surface area contributed by atoms with E-state index in [4.69, 9.17) is 4.99 Å². The van der Waals surface area contributed by atoms with E-state index >= 15 is 0 Å². The molecule has 1 saturated heterocycles. The summed E-state index contributed by atoms with van der Waals surface area (Å²) in [5, 5.41) is 12.0. The van der Waals surface area contributed by atoms with Crippen molar-refractivity contribution in [2.45, 2.75) is 51.4 Å². The highest BCUT2D eigenvalue weighted by molar-refractivity contribution is 8.00. The van der Waals surface area contributed by atoms with Gasteiger partial charge in [0.1, 0.15) is 12.4 Å². The minimum atomic E-state index is 0.282. The minimum absolute atomic E-state index is 0.282. The fourth-order valence-electron chi connectivity index (χ4n) is 3.10. The summed E-state index contributed by atoms with van der Waals surface area (Å²) in [5.41, 5.74) is 0. The Hall–Kier alpha value is -1.24. The summed E-state index contributed by atoms with van der Waals surface area (Å²) in [6, 6.07) is 0. The summed E-state index contributed by atoms with van der Waals surface area (Å²) >= 11 is 2.04. The molecule has 3 heterocycles. The first-order valence-electron chi connectivity index (χ1n) is 8.17. The van der Waals surface area contributed by atoms with Crippen LogP contribution in [0.15, 0.2) is 4.99 Å². The second-order valence-corrected chi connectivity index (χ2v) is 8.29. The largest absolute Gasteiger partial charge is 0.357 e. The fourth-order valence-corrected chi connectivity index (χ4v) is 4.21. The normalized spacial score (nSPS) is 21.0. The van der Waals surface area contributed by atoms with Gasteiger partial charge in [0, 0.05) is 43.1 Å². The molecule has 0 spiro atoms. The van der Waals surface area contributed by atoms with E-state index in [1.165, 1.54) is 6.42 Å². The third-order valence-electron chi connectivity index (χ3n) is 4.12. The van der Waals surface area contributed by atoms with Crippen LogP contribution in [0.25, 0.3) is 0 Å². The molecule has 22 heavy (non-hydrogen) atoms. The lowest BCUT2D eigenvalue weighted by atomic mass is 10.2. The van der Waals surface area contributed by atoms with Crippen LogP contribution in [0, 0.1) is 0 Å². The lowest BCUT2D eigenvalue weighted by Crippen LogP contribution is -2.51. The van der Waals surface area contributed by atoms with Crippen LogP contribution < -0.4 is 5.32 Å². The van der Waals surface area contributed by atoms with Gasteiger partial charge in [-0.2, -0.15) is 11.8 Å². The van der Waals surface area contributed by atoms with Crippen molar-refractivity contribution in [3.8, 4) is 0 Å². The van der Waals surface area contributed by atoms with E-state index in [1.54, 1.807) is 0 Å². The molecular weight excluding hydrogens is 296 g/mol. The first-order valence-corrected chi connectivity index (χ1v) is 9.16. The Kier molecular flexibility index (Phi) is 4.61. The highest BCUT2D eigenvalue weighted by Gasteiger charge is 2.28. The van der Waals surface area contributed by atoms with Gasteiger partial charge in [0.2, 0.25) is 0 Å². The van der Waals surface area contributed by atoms with Crippen molar-refractivity contribution in [2.75, 3.05) is 25.4 Å². The van der Waals surface area contributed by atoms with E-state index in [-0.39, 0.29) is 4.75 Å². The van der Waals surface area contributed by atoms with Gasteiger partial charge in [0.25, 0.3) is 0 Å². The average Bonchev–Trinajstić information content (AvgIpc) is 3.06. The molecule has 0 radical (unpaired) electrons. The predicted octanol–water partition coefficient (Wildman–Crippen LogP) is 1.52. The number of aryl methyl sites for hydroxylation is 1. The second-order valence-electron chi connectivity index (χ2n) is 6.49. The number of nitrogens with zero attached hydrogens (tertiary/aromatic N) is 5. The number of fused-ring (bicyclic) bond motifs is 1. The number of rotatable bonds is 3. The molecule has 6 nitrogen and oxygen atoms in total. The number of thioether (sulfide) groups is 1. The van der Waals surface area contributed by atoms with Gasteiger partial charge in [-0.05, 0) is 27.2 Å². The lowest BCUT2D eigenvalue weighted by Gasteiger charge is -2.39. The molecule has 2 aliphatic rings. The summed E-state index contributed by atoms with van der Waals surface area (Å²) in [6.07, 6.45) is 2.23. The second kappa shape index (κ2) is 6.48. The maximum Gasteiger partial charge on any atom is 0.194 e. The van der Waals surface area contributed by atoms with Gasteiger partial charge in [0.05, 0.1) is 0 Å². The molecule has 1 fully saturated rings. The maximum atomic E-state index is 4.82. The van der Waals surface area contributed by atoms with Crippen LogP contribution in [0.5, 0.6) is 0 Å². The summed E-state index contributed by atoms with van der Waals surface area (Å²) < 4.78 is 2.51. The first-order chi connectivity index (χ1) is 10.6. The Morgan fingerprint density at radius 1 is 1.36 bits per heavy atom. The smallest absolute Gasteiger partial charge is 0.194 e. The number of nitrogens with one attached hydrogen (secondary N) is 1. The standard InChI is InChI=1S/C15H26N6S/c1-4-16-14(20-8-9-22-15(2,3)11-20)17-10-13-19-18-12-6-5-7-21(12)13/h4-11H2,1-3H3,(H,16,17). The zero-order valence-electron chi connectivity index (χ0n) is 13.8. The highest BCUT2D eigenvalue weighted by Crippen LogP contribution is 2.29. The number of guanidine groups is 1. The molecule has 0 aromatic carbocycles. The zero-order chi connectivity index (χ0) is 15.6. The van der Waals surface area contributed by atoms with E-state index in [2.05, 4.69) is 45.8 Å². The van der Waals surface area contributed by atoms with Crippen LogP contribution >= 0.6 is 11.8 Å². The summed E-state index contributed by atoms with van der Waals surface area (Å²) in [4.78, 5) is 7.20. The number of hydrogen-bond donors (Lipinski definition) is 1. The molecule has 7 heteroatoms. The molecule has 2 aliphatic heterocycles. The van der Waals surface area contributed by atoms with Crippen LogP contribution in [-0.2, 0) is 19.5 Å². The molecule has 0 atom stereocenters. The number of hydrogen-bond acceptors (Lipinski definition) is 4. The molecule has 0 aliphatic carbocycles. The van der Waals surface area contributed by atoms with Crippen LogP contribution in [0.3, 0.4) is 0 Å². The van der Waals surface area contributed by atoms with Gasteiger partial charge >= 0.3 is 0 Å². The molecule has 1 aromatic rings. The van der Waals surface area contributed by atoms with Gasteiger partial charge in [-0.3, -0.25) is 0 Å². The minimum Gasteiger partial charge on any atom is -0.357 e. The Bertz CT molecular complexity index is 550. The number of aromatic nitrogens is 3. The molecule has 0 bridgehead atoms. The van der Waals surface area contributed by atoms with Crippen molar-refractivity contribution in [3.63, 3.8) is 0 Å². The van der Waals surface area contributed by atoms with Crippen molar-refractivity contribution in [1.29, 1.82) is 0 Å². The first kappa shape index (κ1) is 15.6. The van der Waals surface area contributed by atoms with Gasteiger partial charge in [-0.1, -0.05) is 0 Å². The fraction of sp³-hybridized carbons (Fsp3) is 0.800. The van der Waals surface area contributed by atoms with E-state index in [9.17, 15) is 0 Å². The summed E-state index contributed by atoms with van der Waals surface area (Å²) in [5.74, 6) is 4.27. The molecule has 0 unspecified atom stereocenters.